The molecular weight excluding hydrogens is 340 g/mol. The number of rotatable bonds is 9. The molecule has 0 aromatic heterocycles. The first kappa shape index (κ1) is 19.6. The zero-order chi connectivity index (χ0) is 17.5. The van der Waals surface area contributed by atoms with Gasteiger partial charge in [0.05, 0.1) is 11.5 Å². The number of hydrogen-bond donors (Lipinski definition) is 2. The second-order valence-corrected chi connectivity index (χ2v) is 8.14. The van der Waals surface area contributed by atoms with Gasteiger partial charge in [-0.1, -0.05) is 0 Å². The smallest absolute Gasteiger partial charge is 0.324 e. The Kier molecular flexibility index (Phi) is 7.66. The third-order valence-corrected chi connectivity index (χ3v) is 4.98. The Morgan fingerprint density at radius 3 is 2.70 bits per heavy atom. The van der Waals surface area contributed by atoms with E-state index >= 15 is 0 Å². The number of unbranched alkanes of at least 4 members (excludes halogenated alkanes) is 1. The lowest BCUT2D eigenvalue weighted by Gasteiger charge is -2.20. The SMILES string of the molecule is CCOC(=O)CCCCN(C)c1ccc(N)c(SS(=O)(=O)O)c1. The first-order valence-electron chi connectivity index (χ1n) is 7.16. The fourth-order valence-electron chi connectivity index (χ4n) is 1.93. The fraction of sp³-hybridized carbons (Fsp3) is 0.500. The molecule has 0 amide bonds. The average molecular weight is 362 g/mol. The van der Waals surface area contributed by atoms with Crippen molar-refractivity contribution >= 4 is 37.3 Å². The third-order valence-electron chi connectivity index (χ3n) is 3.06. The van der Waals surface area contributed by atoms with Crippen molar-refractivity contribution in [2.24, 2.45) is 0 Å². The highest BCUT2D eigenvalue weighted by Crippen LogP contribution is 2.32. The summed E-state index contributed by atoms with van der Waals surface area (Å²) in [6.45, 7) is 2.85. The van der Waals surface area contributed by atoms with Crippen molar-refractivity contribution in [2.45, 2.75) is 31.1 Å². The molecule has 0 bridgehead atoms. The number of nitrogen functional groups attached to an aromatic ring is 1. The molecule has 130 valence electrons. The van der Waals surface area contributed by atoms with Crippen LogP contribution in [-0.4, -0.2) is 39.1 Å². The molecule has 0 radical (unpaired) electrons. The van der Waals surface area contributed by atoms with Crippen molar-refractivity contribution in [2.75, 3.05) is 30.8 Å². The van der Waals surface area contributed by atoms with Crippen LogP contribution in [0.4, 0.5) is 11.4 Å². The van der Waals surface area contributed by atoms with E-state index in [-0.39, 0.29) is 16.6 Å². The lowest BCUT2D eigenvalue weighted by atomic mass is 10.2. The number of esters is 1. The number of ether oxygens (including phenoxy) is 1. The highest BCUT2D eigenvalue weighted by Gasteiger charge is 2.13. The predicted octanol–water partition coefficient (Wildman–Crippen LogP) is 2.33. The van der Waals surface area contributed by atoms with Crippen LogP contribution in [0.25, 0.3) is 0 Å². The molecule has 9 heteroatoms. The zero-order valence-corrected chi connectivity index (χ0v) is 14.8. The van der Waals surface area contributed by atoms with E-state index in [1.54, 1.807) is 25.1 Å². The monoisotopic (exact) mass is 362 g/mol. The van der Waals surface area contributed by atoms with Gasteiger partial charge in [-0.15, -0.1) is 0 Å². The van der Waals surface area contributed by atoms with E-state index in [2.05, 4.69) is 0 Å². The van der Waals surface area contributed by atoms with Crippen LogP contribution in [0.15, 0.2) is 23.1 Å². The molecule has 0 saturated carbocycles. The third kappa shape index (κ3) is 7.58. The molecule has 0 fully saturated rings. The first-order chi connectivity index (χ1) is 10.7. The van der Waals surface area contributed by atoms with Crippen LogP contribution in [0, 0.1) is 0 Å². The van der Waals surface area contributed by atoms with Crippen LogP contribution < -0.4 is 10.6 Å². The summed E-state index contributed by atoms with van der Waals surface area (Å²) in [4.78, 5) is 13.4. The molecule has 1 aromatic carbocycles. The molecule has 3 N–H and O–H groups in total. The highest BCUT2D eigenvalue weighted by molar-refractivity contribution is 8.70. The van der Waals surface area contributed by atoms with Gasteiger partial charge in [0.15, 0.2) is 0 Å². The second kappa shape index (κ2) is 8.99. The Hall–Kier alpha value is -1.45. The predicted molar refractivity (Wildman–Crippen MR) is 92.0 cm³/mol. The number of nitrogens with zero attached hydrogens (tertiary/aromatic N) is 1. The molecule has 0 unspecified atom stereocenters. The number of hydrogen-bond acceptors (Lipinski definition) is 7. The van der Waals surface area contributed by atoms with E-state index in [0.717, 1.165) is 12.1 Å². The molecule has 0 heterocycles. The van der Waals surface area contributed by atoms with Crippen molar-refractivity contribution in [3.63, 3.8) is 0 Å². The van der Waals surface area contributed by atoms with Crippen molar-refractivity contribution in [3.8, 4) is 0 Å². The van der Waals surface area contributed by atoms with E-state index in [9.17, 15) is 13.2 Å². The fourth-order valence-corrected chi connectivity index (χ4v) is 3.60. The largest absolute Gasteiger partial charge is 0.466 e. The minimum Gasteiger partial charge on any atom is -0.466 e. The summed E-state index contributed by atoms with van der Waals surface area (Å²) in [7, 11) is -2.04. The summed E-state index contributed by atoms with van der Waals surface area (Å²) in [6.07, 6.45) is 1.89. The van der Waals surface area contributed by atoms with Gasteiger partial charge in [0, 0.05) is 42.2 Å². The van der Waals surface area contributed by atoms with E-state index in [4.69, 9.17) is 15.0 Å². The Labute approximate surface area is 140 Å². The van der Waals surface area contributed by atoms with Crippen molar-refractivity contribution < 1.29 is 22.5 Å². The summed E-state index contributed by atoms with van der Waals surface area (Å²) >= 11 is 0. The molecule has 23 heavy (non-hydrogen) atoms. The molecule has 1 rings (SSSR count). The normalized spacial score (nSPS) is 11.3. The van der Waals surface area contributed by atoms with Gasteiger partial charge < -0.3 is 15.4 Å². The summed E-state index contributed by atoms with van der Waals surface area (Å²) in [6, 6.07) is 4.98. The molecule has 0 spiro atoms. The van der Waals surface area contributed by atoms with Crippen LogP contribution in [0.5, 0.6) is 0 Å². The molecule has 0 aliphatic carbocycles. The number of nitrogens with two attached hydrogens (primary N) is 1. The van der Waals surface area contributed by atoms with Crippen LogP contribution >= 0.6 is 10.8 Å². The van der Waals surface area contributed by atoms with Gasteiger partial charge in [-0.2, -0.15) is 8.42 Å². The maximum Gasteiger partial charge on any atom is 0.324 e. The van der Waals surface area contributed by atoms with Gasteiger partial charge in [-0.25, -0.2) is 0 Å². The molecular formula is C14H22N2O5S2. The topological polar surface area (TPSA) is 110 Å². The minimum absolute atomic E-state index is 0.200. The quantitative estimate of drug-likeness (QED) is 0.226. The lowest BCUT2D eigenvalue weighted by molar-refractivity contribution is -0.143. The van der Waals surface area contributed by atoms with E-state index in [1.807, 2.05) is 11.9 Å². The van der Waals surface area contributed by atoms with E-state index in [1.165, 1.54) is 0 Å². The van der Waals surface area contributed by atoms with Crippen molar-refractivity contribution in [1.29, 1.82) is 0 Å². The second-order valence-electron chi connectivity index (χ2n) is 4.92. The molecule has 0 saturated heterocycles. The highest BCUT2D eigenvalue weighted by atomic mass is 33.1. The lowest BCUT2D eigenvalue weighted by Crippen LogP contribution is -2.19. The van der Waals surface area contributed by atoms with E-state index < -0.39 is 9.15 Å². The summed E-state index contributed by atoms with van der Waals surface area (Å²) in [5, 5.41) is 0. The maximum absolute atomic E-state index is 11.2. The standard InChI is InChI=1S/C14H22N2O5S2/c1-3-21-14(17)6-4-5-9-16(2)11-7-8-12(15)13(10-11)22-23(18,19)20/h7-8,10H,3-6,9,15H2,1-2H3,(H,18,19,20). The minimum atomic E-state index is -4.21. The number of carbonyl (C=O) groups excluding carboxylic acids is 1. The Morgan fingerprint density at radius 1 is 1.39 bits per heavy atom. The first-order valence-corrected chi connectivity index (χ1v) is 9.93. The summed E-state index contributed by atoms with van der Waals surface area (Å²) < 4.78 is 35.7. The van der Waals surface area contributed by atoms with Gasteiger partial charge in [-0.3, -0.25) is 9.35 Å². The molecule has 1 aromatic rings. The maximum atomic E-state index is 11.2. The van der Waals surface area contributed by atoms with Gasteiger partial charge >= 0.3 is 15.1 Å². The van der Waals surface area contributed by atoms with Gasteiger partial charge in [0.25, 0.3) is 0 Å². The zero-order valence-electron chi connectivity index (χ0n) is 13.2. The van der Waals surface area contributed by atoms with Gasteiger partial charge in [0.1, 0.15) is 0 Å². The molecule has 0 aliphatic heterocycles. The number of carbonyl (C=O) groups is 1. The van der Waals surface area contributed by atoms with Crippen molar-refractivity contribution in [3.05, 3.63) is 18.2 Å². The summed E-state index contributed by atoms with van der Waals surface area (Å²) in [5.74, 6) is -0.200. The van der Waals surface area contributed by atoms with Gasteiger partial charge in [0.2, 0.25) is 0 Å². The van der Waals surface area contributed by atoms with Crippen LogP contribution in [0.2, 0.25) is 0 Å². The summed E-state index contributed by atoms with van der Waals surface area (Å²) in [5.41, 5.74) is 6.78. The molecule has 0 aliphatic rings. The Balaban J connectivity index is 2.58. The number of anilines is 2. The Bertz CT molecular complexity index is 634. The Morgan fingerprint density at radius 2 is 2.09 bits per heavy atom. The van der Waals surface area contributed by atoms with Crippen LogP contribution in [0.1, 0.15) is 26.2 Å². The van der Waals surface area contributed by atoms with Gasteiger partial charge in [-0.05, 0) is 38.0 Å². The molecule has 7 nitrogen and oxygen atoms in total. The average Bonchev–Trinajstić information content (AvgIpc) is 2.44. The van der Waals surface area contributed by atoms with Crippen LogP contribution in [-0.2, 0) is 18.7 Å². The number of benzene rings is 1. The molecule has 0 atom stereocenters. The van der Waals surface area contributed by atoms with Crippen molar-refractivity contribution in [1.82, 2.24) is 0 Å². The van der Waals surface area contributed by atoms with Crippen LogP contribution in [0.3, 0.4) is 0 Å². The van der Waals surface area contributed by atoms with E-state index in [0.29, 0.717) is 36.8 Å².